The minimum Gasteiger partial charge on any atom is -0.493 e. The number of allylic oxidation sites excluding steroid dienone is 1. The number of esters is 1. The van der Waals surface area contributed by atoms with Crippen molar-refractivity contribution in [3.05, 3.63) is 112 Å². The van der Waals surface area contributed by atoms with Gasteiger partial charge in [0.1, 0.15) is 6.61 Å². The van der Waals surface area contributed by atoms with Crippen LogP contribution >= 0.6 is 27.3 Å². The van der Waals surface area contributed by atoms with Gasteiger partial charge in [-0.2, -0.15) is 5.26 Å². The molecule has 0 bridgehead atoms. The fourth-order valence-electron chi connectivity index (χ4n) is 5.44. The number of nitriles is 1. The number of carbonyl (C=O) groups is 1. The molecule has 5 rings (SSSR count). The Kier molecular flexibility index (Phi) is 11.3. The normalized spacial score (nSPS) is 14.2. The van der Waals surface area contributed by atoms with Gasteiger partial charge < -0.3 is 23.7 Å². The lowest BCUT2D eigenvalue weighted by molar-refractivity contribution is -0.139. The number of benzene rings is 3. The summed E-state index contributed by atoms with van der Waals surface area (Å²) in [5.74, 6) is 1.41. The summed E-state index contributed by atoms with van der Waals surface area (Å²) in [6.45, 7) is 9.89. The topological polar surface area (TPSA) is 121 Å². The number of hydrogen-bond acceptors (Lipinski definition) is 10. The molecular weight excluding hydrogens is 710 g/mol. The van der Waals surface area contributed by atoms with Gasteiger partial charge in [0.2, 0.25) is 0 Å². The molecule has 49 heavy (non-hydrogen) atoms. The van der Waals surface area contributed by atoms with E-state index in [1.54, 1.807) is 57.4 Å². The average molecular weight is 747 g/mol. The van der Waals surface area contributed by atoms with E-state index in [0.717, 1.165) is 5.56 Å². The standard InChI is InChI=1S/C37H36BrN3O7S/c1-7-45-30-16-23(15-27(38)34(30)47-20-26-12-10-9-11-25(26)19-39)17-31-35(42)41-33(24-13-14-28(48-21(3)4)29(18-24)44-6)32(36(43)46-8-2)22(5)40-37(41)49-31/h9-18,21,33H,7-8,20H2,1-6H3/b31-17-/t33-/m1/s1. The SMILES string of the molecule is CCOC(=O)C1=C(C)N=c2s/c(=C\c3cc(Br)c(OCc4ccccc4C#N)c(OCC)c3)c(=O)n2[C@@H]1c1ccc(OC(C)C)c(OC)c1. The Morgan fingerprint density at radius 1 is 1.08 bits per heavy atom. The summed E-state index contributed by atoms with van der Waals surface area (Å²) >= 11 is 4.83. The first kappa shape index (κ1) is 35.4. The summed E-state index contributed by atoms with van der Waals surface area (Å²) in [7, 11) is 1.54. The second-order valence-electron chi connectivity index (χ2n) is 11.2. The van der Waals surface area contributed by atoms with Crippen molar-refractivity contribution in [3.8, 4) is 29.1 Å². The summed E-state index contributed by atoms with van der Waals surface area (Å²) < 4.78 is 31.6. The van der Waals surface area contributed by atoms with Gasteiger partial charge in [0.15, 0.2) is 27.8 Å². The number of carbonyl (C=O) groups excluding carboxylic acids is 1. The highest BCUT2D eigenvalue weighted by atomic mass is 79.9. The van der Waals surface area contributed by atoms with Crippen molar-refractivity contribution in [2.24, 2.45) is 4.99 Å². The molecule has 254 valence electrons. The third kappa shape index (κ3) is 7.58. The molecule has 0 spiro atoms. The predicted molar refractivity (Wildman–Crippen MR) is 190 cm³/mol. The lowest BCUT2D eigenvalue weighted by atomic mass is 9.95. The van der Waals surface area contributed by atoms with Crippen molar-refractivity contribution in [1.29, 1.82) is 5.26 Å². The van der Waals surface area contributed by atoms with Crippen LogP contribution in [0.5, 0.6) is 23.0 Å². The van der Waals surface area contributed by atoms with Gasteiger partial charge in [0, 0.05) is 5.56 Å². The first-order valence-corrected chi connectivity index (χ1v) is 17.3. The fourth-order valence-corrected chi connectivity index (χ4v) is 7.06. The quantitative estimate of drug-likeness (QED) is 0.157. The number of methoxy groups -OCH3 is 1. The van der Waals surface area contributed by atoms with Crippen molar-refractivity contribution in [2.45, 2.75) is 53.4 Å². The molecule has 0 saturated heterocycles. The van der Waals surface area contributed by atoms with Gasteiger partial charge in [-0.15, -0.1) is 0 Å². The van der Waals surface area contributed by atoms with E-state index in [4.69, 9.17) is 23.7 Å². The third-order valence-electron chi connectivity index (χ3n) is 7.52. The van der Waals surface area contributed by atoms with Gasteiger partial charge in [-0.05, 0) is 98.1 Å². The van der Waals surface area contributed by atoms with E-state index in [2.05, 4.69) is 27.0 Å². The second-order valence-corrected chi connectivity index (χ2v) is 13.1. The maximum atomic E-state index is 14.2. The highest BCUT2D eigenvalue weighted by molar-refractivity contribution is 9.10. The van der Waals surface area contributed by atoms with Crippen LogP contribution in [0.4, 0.5) is 0 Å². The van der Waals surface area contributed by atoms with E-state index >= 15 is 0 Å². The fraction of sp³-hybridized carbons (Fsp3) is 0.297. The van der Waals surface area contributed by atoms with Crippen molar-refractivity contribution in [3.63, 3.8) is 0 Å². The highest BCUT2D eigenvalue weighted by Crippen LogP contribution is 2.39. The zero-order valence-corrected chi connectivity index (χ0v) is 30.4. The van der Waals surface area contributed by atoms with Gasteiger partial charge >= 0.3 is 5.97 Å². The number of thiazole rings is 1. The summed E-state index contributed by atoms with van der Waals surface area (Å²) in [5.41, 5.74) is 2.99. The largest absolute Gasteiger partial charge is 0.493 e. The summed E-state index contributed by atoms with van der Waals surface area (Å²) in [6.07, 6.45) is 1.67. The molecule has 0 N–H and O–H groups in total. The molecule has 4 aromatic rings. The van der Waals surface area contributed by atoms with Crippen molar-refractivity contribution in [1.82, 2.24) is 4.57 Å². The molecule has 12 heteroatoms. The molecule has 2 heterocycles. The third-order valence-corrected chi connectivity index (χ3v) is 9.09. The van der Waals surface area contributed by atoms with E-state index in [9.17, 15) is 14.9 Å². The Hall–Kier alpha value is -4.86. The molecule has 0 saturated carbocycles. The molecule has 0 unspecified atom stereocenters. The van der Waals surface area contributed by atoms with E-state index < -0.39 is 12.0 Å². The van der Waals surface area contributed by atoms with Crippen LogP contribution < -0.4 is 33.8 Å². The summed E-state index contributed by atoms with van der Waals surface area (Å²) in [6, 6.07) is 17.6. The van der Waals surface area contributed by atoms with E-state index in [1.807, 2.05) is 45.0 Å². The molecular formula is C37H36BrN3O7S. The number of halogens is 1. The minimum atomic E-state index is -0.822. The molecule has 3 aromatic carbocycles. The second kappa shape index (κ2) is 15.6. The zero-order chi connectivity index (χ0) is 35.2. The van der Waals surface area contributed by atoms with Crippen molar-refractivity contribution >= 4 is 39.3 Å². The Morgan fingerprint density at radius 2 is 1.86 bits per heavy atom. The molecule has 1 aliphatic heterocycles. The monoisotopic (exact) mass is 745 g/mol. The van der Waals surface area contributed by atoms with Gasteiger partial charge in [0.05, 0.1) is 64.4 Å². The van der Waals surface area contributed by atoms with Gasteiger partial charge in [0.25, 0.3) is 5.56 Å². The van der Waals surface area contributed by atoms with Crippen molar-refractivity contribution < 1.29 is 28.5 Å². The Labute approximate surface area is 296 Å². The molecule has 0 amide bonds. The van der Waals surface area contributed by atoms with E-state index in [-0.39, 0.29) is 30.5 Å². The van der Waals surface area contributed by atoms with Crippen LogP contribution in [-0.2, 0) is 16.1 Å². The van der Waals surface area contributed by atoms with Crippen LogP contribution in [0.1, 0.15) is 62.9 Å². The number of hydrogen-bond donors (Lipinski definition) is 0. The average Bonchev–Trinajstić information content (AvgIpc) is 3.37. The number of nitrogens with zero attached hydrogens (tertiary/aromatic N) is 3. The molecule has 10 nitrogen and oxygen atoms in total. The van der Waals surface area contributed by atoms with Crippen molar-refractivity contribution in [2.75, 3.05) is 20.3 Å². The molecule has 1 aliphatic rings. The molecule has 0 fully saturated rings. The van der Waals surface area contributed by atoms with Crippen LogP contribution in [0.2, 0.25) is 0 Å². The van der Waals surface area contributed by atoms with Crippen LogP contribution in [0, 0.1) is 11.3 Å². The van der Waals surface area contributed by atoms with Crippen LogP contribution in [0.15, 0.2) is 80.1 Å². The first-order valence-electron chi connectivity index (χ1n) is 15.7. The molecule has 1 aromatic heterocycles. The maximum absolute atomic E-state index is 14.2. The Bertz CT molecular complexity index is 2150. The lowest BCUT2D eigenvalue weighted by Gasteiger charge is -2.25. The van der Waals surface area contributed by atoms with Gasteiger partial charge in [-0.25, -0.2) is 9.79 Å². The van der Waals surface area contributed by atoms with E-state index in [1.165, 1.54) is 15.9 Å². The van der Waals surface area contributed by atoms with Gasteiger partial charge in [-0.3, -0.25) is 9.36 Å². The number of aromatic nitrogens is 1. The molecule has 0 radical (unpaired) electrons. The number of ether oxygens (including phenoxy) is 5. The van der Waals surface area contributed by atoms with Crippen LogP contribution in [0.25, 0.3) is 6.08 Å². The molecule has 0 aliphatic carbocycles. The van der Waals surface area contributed by atoms with Gasteiger partial charge in [-0.1, -0.05) is 35.6 Å². The Morgan fingerprint density at radius 3 is 2.55 bits per heavy atom. The zero-order valence-electron chi connectivity index (χ0n) is 28.0. The lowest BCUT2D eigenvalue weighted by Crippen LogP contribution is -2.40. The summed E-state index contributed by atoms with van der Waals surface area (Å²) in [4.78, 5) is 32.7. The Balaban J connectivity index is 1.61. The minimum absolute atomic E-state index is 0.0844. The maximum Gasteiger partial charge on any atom is 0.338 e. The van der Waals surface area contributed by atoms with Crippen LogP contribution in [0.3, 0.4) is 0 Å². The molecule has 1 atom stereocenters. The first-order chi connectivity index (χ1) is 23.6. The predicted octanol–water partition coefficient (Wildman–Crippen LogP) is 6.21. The highest BCUT2D eigenvalue weighted by Gasteiger charge is 2.34. The smallest absolute Gasteiger partial charge is 0.338 e. The number of fused-ring (bicyclic) bond motifs is 1. The van der Waals surface area contributed by atoms with Crippen LogP contribution in [-0.4, -0.2) is 37.0 Å². The number of rotatable bonds is 12. The summed E-state index contributed by atoms with van der Waals surface area (Å²) in [5, 5.41) is 9.48. The van der Waals surface area contributed by atoms with E-state index in [0.29, 0.717) is 65.8 Å².